The van der Waals surface area contributed by atoms with Gasteiger partial charge in [0, 0.05) is 0 Å². The number of aryl methyl sites for hydroxylation is 2. The summed E-state index contributed by atoms with van der Waals surface area (Å²) in [5.41, 5.74) is 8.20. The first-order chi connectivity index (χ1) is 9.06. The van der Waals surface area contributed by atoms with Crippen molar-refractivity contribution in [3.63, 3.8) is 0 Å². The van der Waals surface area contributed by atoms with E-state index in [1.807, 2.05) is 7.05 Å². The van der Waals surface area contributed by atoms with Gasteiger partial charge in [-0.05, 0) is 68.1 Å². The average Bonchev–Trinajstić information content (AvgIpc) is 2.40. The van der Waals surface area contributed by atoms with Crippen LogP contribution in [0.15, 0.2) is 36.4 Å². The molecule has 0 amide bonds. The minimum Gasteiger partial charge on any atom is -0.309 e. The summed E-state index contributed by atoms with van der Waals surface area (Å²) in [4.78, 5) is 0. The molecule has 2 aromatic carbocycles. The molecule has 0 fully saturated rings. The molecule has 0 bridgehead atoms. The van der Waals surface area contributed by atoms with Gasteiger partial charge in [-0.15, -0.1) is 0 Å². The Bertz CT molecular complexity index is 533. The maximum Gasteiger partial charge on any atom is 0.0579 e. The van der Waals surface area contributed by atoms with Gasteiger partial charge in [-0.1, -0.05) is 36.4 Å². The van der Waals surface area contributed by atoms with E-state index in [0.717, 1.165) is 0 Å². The van der Waals surface area contributed by atoms with Gasteiger partial charge < -0.3 is 5.32 Å². The fourth-order valence-corrected chi connectivity index (χ4v) is 2.65. The molecular weight excluding hydrogens is 230 g/mol. The van der Waals surface area contributed by atoms with E-state index >= 15 is 0 Å². The van der Waals surface area contributed by atoms with Gasteiger partial charge in [0.1, 0.15) is 0 Å². The van der Waals surface area contributed by atoms with Crippen molar-refractivity contribution >= 4 is 0 Å². The predicted octanol–water partition coefficient (Wildman–Crippen LogP) is 4.23. The molecule has 0 saturated carbocycles. The van der Waals surface area contributed by atoms with E-state index in [1.54, 1.807) is 0 Å². The quantitative estimate of drug-likeness (QED) is 0.863. The number of rotatable bonds is 3. The van der Waals surface area contributed by atoms with Gasteiger partial charge in [-0.3, -0.25) is 0 Å². The molecule has 1 N–H and O–H groups in total. The van der Waals surface area contributed by atoms with Crippen LogP contribution in [-0.4, -0.2) is 7.05 Å². The summed E-state index contributed by atoms with van der Waals surface area (Å²) in [6, 6.07) is 13.4. The molecule has 0 aromatic heterocycles. The molecule has 0 aliphatic rings. The van der Waals surface area contributed by atoms with Crippen LogP contribution in [0.2, 0.25) is 0 Å². The Balaban J connectivity index is 2.57. The van der Waals surface area contributed by atoms with Crippen LogP contribution in [0.1, 0.15) is 39.4 Å². The maximum absolute atomic E-state index is 3.47. The normalized spacial score (nSPS) is 11.1. The van der Waals surface area contributed by atoms with Crippen LogP contribution in [0.5, 0.6) is 0 Å². The molecule has 19 heavy (non-hydrogen) atoms. The van der Waals surface area contributed by atoms with Crippen molar-refractivity contribution in [2.45, 2.75) is 33.7 Å². The Labute approximate surface area is 116 Å². The molecule has 0 aliphatic carbocycles. The first-order valence-corrected chi connectivity index (χ1v) is 6.85. The summed E-state index contributed by atoms with van der Waals surface area (Å²) < 4.78 is 0. The topological polar surface area (TPSA) is 12.0 Å². The lowest BCUT2D eigenvalue weighted by Crippen LogP contribution is -2.20. The molecule has 1 nitrogen and oxygen atoms in total. The summed E-state index contributed by atoms with van der Waals surface area (Å²) in [7, 11) is 2.04. The summed E-state index contributed by atoms with van der Waals surface area (Å²) in [6.07, 6.45) is 0. The monoisotopic (exact) mass is 253 g/mol. The second kappa shape index (κ2) is 5.58. The molecule has 0 aliphatic heterocycles. The molecule has 1 heteroatoms. The largest absolute Gasteiger partial charge is 0.309 e. The van der Waals surface area contributed by atoms with E-state index < -0.39 is 0 Å². The van der Waals surface area contributed by atoms with Crippen molar-refractivity contribution in [2.75, 3.05) is 7.05 Å². The van der Waals surface area contributed by atoms with Gasteiger partial charge >= 0.3 is 0 Å². The van der Waals surface area contributed by atoms with E-state index in [2.05, 4.69) is 69.4 Å². The molecular formula is C18H23N. The van der Waals surface area contributed by atoms with E-state index in [0.29, 0.717) is 0 Å². The maximum atomic E-state index is 3.47. The summed E-state index contributed by atoms with van der Waals surface area (Å²) in [5, 5.41) is 3.47. The van der Waals surface area contributed by atoms with Gasteiger partial charge in [0.2, 0.25) is 0 Å². The molecule has 100 valence electrons. The Morgan fingerprint density at radius 2 is 1.16 bits per heavy atom. The molecule has 0 unspecified atom stereocenters. The molecule has 0 saturated heterocycles. The van der Waals surface area contributed by atoms with Crippen LogP contribution in [0, 0.1) is 27.7 Å². The van der Waals surface area contributed by atoms with Crippen molar-refractivity contribution in [1.82, 2.24) is 5.32 Å². The summed E-state index contributed by atoms with van der Waals surface area (Å²) in [5.74, 6) is 0. The highest BCUT2D eigenvalue weighted by Crippen LogP contribution is 2.29. The fourth-order valence-electron chi connectivity index (χ4n) is 2.65. The lowest BCUT2D eigenvalue weighted by molar-refractivity contribution is 0.682. The Hall–Kier alpha value is -1.60. The second-order valence-electron chi connectivity index (χ2n) is 5.30. The smallest absolute Gasteiger partial charge is 0.0579 e. The van der Waals surface area contributed by atoms with Crippen LogP contribution in [-0.2, 0) is 0 Å². The van der Waals surface area contributed by atoms with Crippen molar-refractivity contribution in [3.05, 3.63) is 69.8 Å². The van der Waals surface area contributed by atoms with Crippen LogP contribution in [0.3, 0.4) is 0 Å². The highest BCUT2D eigenvalue weighted by molar-refractivity contribution is 5.44. The van der Waals surface area contributed by atoms with E-state index in [-0.39, 0.29) is 6.04 Å². The van der Waals surface area contributed by atoms with Crippen LogP contribution < -0.4 is 5.32 Å². The first-order valence-electron chi connectivity index (χ1n) is 6.85. The fraction of sp³-hybridized carbons (Fsp3) is 0.333. The predicted molar refractivity (Wildman–Crippen MR) is 82.7 cm³/mol. The van der Waals surface area contributed by atoms with E-state index in [4.69, 9.17) is 0 Å². The number of hydrogen-bond acceptors (Lipinski definition) is 1. The van der Waals surface area contributed by atoms with Crippen molar-refractivity contribution in [1.29, 1.82) is 0 Å². The minimum absolute atomic E-state index is 0.264. The number of hydrogen-bond donors (Lipinski definition) is 1. The first kappa shape index (κ1) is 13.8. The van der Waals surface area contributed by atoms with E-state index in [9.17, 15) is 0 Å². The SMILES string of the molecule is CNC(c1cccc(C)c1C)c1cccc(C)c1C. The molecule has 0 heterocycles. The lowest BCUT2D eigenvalue weighted by Gasteiger charge is -2.23. The molecule has 0 spiro atoms. The van der Waals surface area contributed by atoms with Gasteiger partial charge in [0.05, 0.1) is 6.04 Å². The molecule has 2 aromatic rings. The highest BCUT2D eigenvalue weighted by Gasteiger charge is 2.17. The number of nitrogens with one attached hydrogen (secondary N) is 1. The van der Waals surface area contributed by atoms with Crippen molar-refractivity contribution in [3.8, 4) is 0 Å². The Morgan fingerprint density at radius 1 is 0.737 bits per heavy atom. The van der Waals surface area contributed by atoms with Gasteiger partial charge in [0.15, 0.2) is 0 Å². The Morgan fingerprint density at radius 3 is 1.53 bits per heavy atom. The average molecular weight is 253 g/mol. The standard InChI is InChI=1S/C18H23N/c1-12-8-6-10-16(14(12)3)18(19-5)17-11-7-9-13(2)15(17)4/h6-11,18-19H,1-5H3. The van der Waals surface area contributed by atoms with Crippen LogP contribution in [0.4, 0.5) is 0 Å². The van der Waals surface area contributed by atoms with E-state index in [1.165, 1.54) is 33.4 Å². The number of benzene rings is 2. The second-order valence-corrected chi connectivity index (χ2v) is 5.30. The van der Waals surface area contributed by atoms with Crippen LogP contribution in [0.25, 0.3) is 0 Å². The highest BCUT2D eigenvalue weighted by atomic mass is 14.9. The third kappa shape index (κ3) is 2.57. The minimum atomic E-state index is 0.264. The third-order valence-electron chi connectivity index (χ3n) is 4.20. The van der Waals surface area contributed by atoms with Gasteiger partial charge in [-0.2, -0.15) is 0 Å². The zero-order chi connectivity index (χ0) is 14.0. The summed E-state index contributed by atoms with van der Waals surface area (Å²) >= 11 is 0. The lowest BCUT2D eigenvalue weighted by atomic mass is 9.89. The zero-order valence-corrected chi connectivity index (χ0v) is 12.5. The molecule has 0 radical (unpaired) electrons. The van der Waals surface area contributed by atoms with Crippen molar-refractivity contribution in [2.24, 2.45) is 0 Å². The van der Waals surface area contributed by atoms with Gasteiger partial charge in [0.25, 0.3) is 0 Å². The third-order valence-corrected chi connectivity index (χ3v) is 4.20. The van der Waals surface area contributed by atoms with Crippen LogP contribution >= 0.6 is 0 Å². The van der Waals surface area contributed by atoms with Crippen molar-refractivity contribution < 1.29 is 0 Å². The van der Waals surface area contributed by atoms with Gasteiger partial charge in [-0.25, -0.2) is 0 Å². The summed E-state index contributed by atoms with van der Waals surface area (Å²) in [6.45, 7) is 8.77. The zero-order valence-electron chi connectivity index (χ0n) is 12.5. The molecule has 2 rings (SSSR count). The Kier molecular flexibility index (Phi) is 4.06. The molecule has 0 atom stereocenters.